The molecule has 108 valence electrons. The van der Waals surface area contributed by atoms with Crippen LogP contribution in [0.15, 0.2) is 28.1 Å². The molecule has 2 rings (SSSR count). The van der Waals surface area contributed by atoms with Gasteiger partial charge in [-0.3, -0.25) is 0 Å². The maximum absolute atomic E-state index is 13.9. The molecule has 0 bridgehead atoms. The van der Waals surface area contributed by atoms with Crippen molar-refractivity contribution < 1.29 is 4.39 Å². The highest BCUT2D eigenvalue weighted by Gasteiger charge is 2.20. The van der Waals surface area contributed by atoms with E-state index in [-0.39, 0.29) is 11.2 Å². The Morgan fingerprint density at radius 2 is 2.10 bits per heavy atom. The Bertz CT molecular complexity index is 584. The summed E-state index contributed by atoms with van der Waals surface area (Å²) >= 11 is 4.94. The van der Waals surface area contributed by atoms with Gasteiger partial charge < -0.3 is 5.73 Å². The zero-order chi connectivity index (χ0) is 14.9. The van der Waals surface area contributed by atoms with E-state index in [0.29, 0.717) is 16.5 Å². The van der Waals surface area contributed by atoms with Crippen LogP contribution in [-0.4, -0.2) is 4.98 Å². The van der Waals surface area contributed by atoms with Gasteiger partial charge in [-0.15, -0.1) is 11.3 Å². The van der Waals surface area contributed by atoms with Crippen molar-refractivity contribution in [2.75, 3.05) is 0 Å². The molecule has 2 nitrogen and oxygen atoms in total. The molecule has 0 aliphatic heterocycles. The van der Waals surface area contributed by atoms with Crippen molar-refractivity contribution in [3.05, 3.63) is 50.1 Å². The second-order valence-corrected chi connectivity index (χ2v) is 7.62. The van der Waals surface area contributed by atoms with Gasteiger partial charge in [-0.2, -0.15) is 0 Å². The maximum atomic E-state index is 13.9. The summed E-state index contributed by atoms with van der Waals surface area (Å²) in [5.74, 6) is -0.278. The van der Waals surface area contributed by atoms with E-state index in [1.807, 2.05) is 0 Å². The number of nitrogens with zero attached hydrogens (tertiary/aromatic N) is 1. The Morgan fingerprint density at radius 1 is 1.40 bits per heavy atom. The zero-order valence-corrected chi connectivity index (χ0v) is 14.2. The zero-order valence-electron chi connectivity index (χ0n) is 11.8. The van der Waals surface area contributed by atoms with Crippen molar-refractivity contribution in [2.24, 2.45) is 5.73 Å². The molecule has 0 aliphatic rings. The normalized spacial score (nSPS) is 13.5. The first-order valence-corrected chi connectivity index (χ1v) is 8.10. The number of thiazole rings is 1. The molecule has 2 N–H and O–H groups in total. The fourth-order valence-electron chi connectivity index (χ4n) is 1.90. The smallest absolute Gasteiger partial charge is 0.129 e. The van der Waals surface area contributed by atoms with Gasteiger partial charge in [-0.05, 0) is 12.1 Å². The van der Waals surface area contributed by atoms with E-state index >= 15 is 0 Å². The molecule has 1 aromatic carbocycles. The van der Waals surface area contributed by atoms with Gasteiger partial charge in [0.1, 0.15) is 5.82 Å². The quantitative estimate of drug-likeness (QED) is 0.873. The third kappa shape index (κ3) is 3.45. The monoisotopic (exact) mass is 356 g/mol. The summed E-state index contributed by atoms with van der Waals surface area (Å²) in [4.78, 5) is 4.61. The third-order valence-electron chi connectivity index (χ3n) is 3.09. The van der Waals surface area contributed by atoms with Crippen LogP contribution in [0.25, 0.3) is 0 Å². The summed E-state index contributed by atoms with van der Waals surface area (Å²) in [7, 11) is 0. The van der Waals surface area contributed by atoms with Crippen LogP contribution in [0, 0.1) is 5.82 Å². The van der Waals surface area contributed by atoms with Gasteiger partial charge in [0.05, 0.1) is 10.7 Å². The van der Waals surface area contributed by atoms with Crippen molar-refractivity contribution in [3.63, 3.8) is 0 Å². The summed E-state index contributed by atoms with van der Waals surface area (Å²) < 4.78 is 14.6. The molecule has 5 heteroatoms. The van der Waals surface area contributed by atoms with Crippen molar-refractivity contribution in [2.45, 2.75) is 38.6 Å². The molecular weight excluding hydrogens is 339 g/mol. The molecule has 2 aromatic rings. The molecule has 0 radical (unpaired) electrons. The number of hydrogen-bond donors (Lipinski definition) is 1. The van der Waals surface area contributed by atoms with E-state index in [1.54, 1.807) is 23.5 Å². The molecule has 0 saturated carbocycles. The lowest BCUT2D eigenvalue weighted by molar-refractivity contribution is 0.562. The minimum Gasteiger partial charge on any atom is -0.323 e. The van der Waals surface area contributed by atoms with Gasteiger partial charge in [0.2, 0.25) is 0 Å². The lowest BCUT2D eigenvalue weighted by atomic mass is 9.93. The largest absolute Gasteiger partial charge is 0.323 e. The van der Waals surface area contributed by atoms with Crippen LogP contribution >= 0.6 is 27.3 Å². The lowest BCUT2D eigenvalue weighted by Crippen LogP contribution is -2.16. The van der Waals surface area contributed by atoms with E-state index in [0.717, 1.165) is 10.7 Å². The van der Waals surface area contributed by atoms with Crippen LogP contribution in [-0.2, 0) is 11.8 Å². The minimum absolute atomic E-state index is 0.0252. The predicted octanol–water partition coefficient (Wildman–Crippen LogP) is 4.58. The second-order valence-electron chi connectivity index (χ2n) is 5.82. The summed E-state index contributed by atoms with van der Waals surface area (Å²) in [5, 5.41) is 3.00. The van der Waals surface area contributed by atoms with E-state index < -0.39 is 6.04 Å². The van der Waals surface area contributed by atoms with Crippen molar-refractivity contribution >= 4 is 27.3 Å². The Morgan fingerprint density at radius 3 is 2.65 bits per heavy atom. The SMILES string of the molecule is CC(C)(C)c1csc(CC(N)c2c(F)cccc2Br)n1. The van der Waals surface area contributed by atoms with E-state index in [1.165, 1.54) is 6.07 Å². The van der Waals surface area contributed by atoms with Gasteiger partial charge in [0, 0.05) is 33.3 Å². The van der Waals surface area contributed by atoms with Crippen molar-refractivity contribution in [3.8, 4) is 0 Å². The van der Waals surface area contributed by atoms with Crippen molar-refractivity contribution in [1.29, 1.82) is 0 Å². The van der Waals surface area contributed by atoms with Crippen LogP contribution in [0.5, 0.6) is 0 Å². The van der Waals surface area contributed by atoms with Crippen LogP contribution < -0.4 is 5.73 Å². The van der Waals surface area contributed by atoms with Crippen LogP contribution in [0.2, 0.25) is 0 Å². The molecular formula is C15H18BrFN2S. The van der Waals surface area contributed by atoms with Gasteiger partial charge in [-0.25, -0.2) is 9.37 Å². The molecule has 1 atom stereocenters. The number of benzene rings is 1. The highest BCUT2D eigenvalue weighted by Crippen LogP contribution is 2.29. The van der Waals surface area contributed by atoms with Gasteiger partial charge in [0.25, 0.3) is 0 Å². The molecule has 1 aromatic heterocycles. The molecule has 0 saturated heterocycles. The number of nitrogens with two attached hydrogens (primary N) is 1. The highest BCUT2D eigenvalue weighted by atomic mass is 79.9. The van der Waals surface area contributed by atoms with E-state index in [2.05, 4.69) is 47.1 Å². The summed E-state index contributed by atoms with van der Waals surface area (Å²) in [6.07, 6.45) is 0.542. The van der Waals surface area contributed by atoms with Crippen molar-refractivity contribution in [1.82, 2.24) is 4.98 Å². The van der Waals surface area contributed by atoms with Crippen LogP contribution in [0.4, 0.5) is 4.39 Å². The average Bonchev–Trinajstić information content (AvgIpc) is 2.76. The first-order chi connectivity index (χ1) is 9.29. The average molecular weight is 357 g/mol. The highest BCUT2D eigenvalue weighted by molar-refractivity contribution is 9.10. The number of halogens is 2. The standard InChI is InChI=1S/C15H18BrFN2S/c1-15(2,3)12-8-20-13(19-12)7-11(18)14-9(16)5-4-6-10(14)17/h4-6,8,11H,7,18H2,1-3H3. The summed E-state index contributed by atoms with van der Waals surface area (Å²) in [6.45, 7) is 6.37. The third-order valence-corrected chi connectivity index (χ3v) is 4.65. The molecule has 1 unspecified atom stereocenters. The van der Waals surface area contributed by atoms with Gasteiger partial charge in [-0.1, -0.05) is 42.8 Å². The number of hydrogen-bond acceptors (Lipinski definition) is 3. The molecule has 0 spiro atoms. The van der Waals surface area contributed by atoms with E-state index in [4.69, 9.17) is 5.73 Å². The fraction of sp³-hybridized carbons (Fsp3) is 0.400. The summed E-state index contributed by atoms with van der Waals surface area (Å²) in [5.41, 5.74) is 7.74. The molecule has 0 aliphatic carbocycles. The molecule has 0 fully saturated rings. The predicted molar refractivity (Wildman–Crippen MR) is 85.5 cm³/mol. The first-order valence-electron chi connectivity index (χ1n) is 6.43. The Balaban J connectivity index is 2.20. The summed E-state index contributed by atoms with van der Waals surface area (Å²) in [6, 6.07) is 4.50. The fourth-order valence-corrected chi connectivity index (χ4v) is 3.62. The topological polar surface area (TPSA) is 38.9 Å². The van der Waals surface area contributed by atoms with Crippen LogP contribution in [0.1, 0.15) is 43.1 Å². The number of aromatic nitrogens is 1. The lowest BCUT2D eigenvalue weighted by Gasteiger charge is -2.15. The maximum Gasteiger partial charge on any atom is 0.129 e. The Kier molecular flexibility index (Phi) is 4.62. The number of rotatable bonds is 3. The van der Waals surface area contributed by atoms with Gasteiger partial charge >= 0.3 is 0 Å². The first kappa shape index (κ1) is 15.6. The second kappa shape index (κ2) is 5.92. The molecule has 0 amide bonds. The molecule has 1 heterocycles. The van der Waals surface area contributed by atoms with Gasteiger partial charge in [0.15, 0.2) is 0 Å². The minimum atomic E-state index is -0.399. The molecule has 20 heavy (non-hydrogen) atoms. The van der Waals surface area contributed by atoms with E-state index in [9.17, 15) is 4.39 Å². The van der Waals surface area contributed by atoms with Crippen LogP contribution in [0.3, 0.4) is 0 Å². The Labute approximate surface area is 131 Å². The Hall–Kier alpha value is -0.780.